The summed E-state index contributed by atoms with van der Waals surface area (Å²) < 4.78 is 1.45. The Morgan fingerprint density at radius 3 is 2.24 bits per heavy atom. The smallest absolute Gasteiger partial charge is 0.367 e. The summed E-state index contributed by atoms with van der Waals surface area (Å²) in [4.78, 5) is 15.9. The average molecular weight is 350 g/mol. The van der Waals surface area contributed by atoms with Gasteiger partial charge in [0.1, 0.15) is 0 Å². The number of benzene rings is 2. The standard InChI is InChI=1S/C20H15N3O.ClH/c24-20-17-11-5-4-10-16(17)18(14-15-8-2-1-3-9-15)22-23(20)19-12-6-7-13-21-19;/h1-13H,14H2;1H. The molecule has 0 bridgehead atoms. The summed E-state index contributed by atoms with van der Waals surface area (Å²) in [6.07, 6.45) is 2.46. The van der Waals surface area contributed by atoms with Crippen LogP contribution >= 0.6 is 0 Å². The van der Waals surface area contributed by atoms with Crippen LogP contribution in [0.15, 0.2) is 83.8 Å². The topological polar surface area (TPSA) is 49.0 Å². The lowest BCUT2D eigenvalue weighted by Crippen LogP contribution is -3.00. The van der Waals surface area contributed by atoms with E-state index in [1.54, 1.807) is 6.20 Å². The number of nitrogens with one attached hydrogen (secondary N) is 1. The Morgan fingerprint density at radius 2 is 1.52 bits per heavy atom. The van der Waals surface area contributed by atoms with Gasteiger partial charge in [0.15, 0.2) is 0 Å². The van der Waals surface area contributed by atoms with Gasteiger partial charge in [-0.05, 0) is 17.7 Å². The van der Waals surface area contributed by atoms with E-state index in [9.17, 15) is 4.79 Å². The molecule has 2 aromatic heterocycles. The first-order chi connectivity index (χ1) is 11.8. The van der Waals surface area contributed by atoms with Gasteiger partial charge in [-0.25, -0.2) is 9.78 Å². The van der Waals surface area contributed by atoms with Gasteiger partial charge in [-0.3, -0.25) is 0 Å². The zero-order chi connectivity index (χ0) is 16.4. The van der Waals surface area contributed by atoms with Crippen LogP contribution in [0.1, 0.15) is 11.3 Å². The van der Waals surface area contributed by atoms with E-state index in [2.05, 4.69) is 22.2 Å². The van der Waals surface area contributed by atoms with Crippen LogP contribution in [0.5, 0.6) is 0 Å². The average Bonchev–Trinajstić information content (AvgIpc) is 2.66. The predicted octanol–water partition coefficient (Wildman–Crippen LogP) is -0.205. The van der Waals surface area contributed by atoms with Crippen LogP contribution in [0, 0.1) is 0 Å². The maximum absolute atomic E-state index is 12.8. The molecular formula is C20H16ClN3O. The highest BCUT2D eigenvalue weighted by atomic mass is 35.5. The van der Waals surface area contributed by atoms with E-state index in [1.165, 1.54) is 4.68 Å². The molecule has 0 aliphatic carbocycles. The fourth-order valence-corrected chi connectivity index (χ4v) is 2.85. The summed E-state index contributed by atoms with van der Waals surface area (Å²) in [5, 5.41) is 6.22. The fourth-order valence-electron chi connectivity index (χ4n) is 2.85. The Morgan fingerprint density at radius 1 is 0.840 bits per heavy atom. The minimum absolute atomic E-state index is 0. The number of halogens is 1. The molecule has 0 radical (unpaired) electrons. The SMILES string of the molecule is O=c1c2ccccc2c(Cc2ccccc2)nn1-c1cccc[nH+]1.[Cl-]. The zero-order valence-electron chi connectivity index (χ0n) is 13.4. The lowest BCUT2D eigenvalue weighted by molar-refractivity contribution is -0.374. The first-order valence-corrected chi connectivity index (χ1v) is 7.85. The molecule has 4 aromatic rings. The van der Waals surface area contributed by atoms with E-state index in [-0.39, 0.29) is 18.0 Å². The Balaban J connectivity index is 0.00000182. The molecule has 4 rings (SSSR count). The highest BCUT2D eigenvalue weighted by Crippen LogP contribution is 2.17. The first kappa shape index (κ1) is 16.9. The van der Waals surface area contributed by atoms with E-state index < -0.39 is 0 Å². The molecule has 4 nitrogen and oxygen atoms in total. The van der Waals surface area contributed by atoms with Gasteiger partial charge in [-0.2, -0.15) is 0 Å². The predicted molar refractivity (Wildman–Crippen MR) is 93.1 cm³/mol. The molecule has 0 fully saturated rings. The molecule has 1 N–H and O–H groups in total. The van der Waals surface area contributed by atoms with Crippen LogP contribution in [0.3, 0.4) is 0 Å². The normalized spacial score (nSPS) is 10.4. The molecule has 0 spiro atoms. The quantitative estimate of drug-likeness (QED) is 0.514. The van der Waals surface area contributed by atoms with Crippen LogP contribution in [0.4, 0.5) is 0 Å². The van der Waals surface area contributed by atoms with Crippen molar-refractivity contribution in [2.75, 3.05) is 0 Å². The van der Waals surface area contributed by atoms with Crippen LogP contribution in [-0.4, -0.2) is 9.78 Å². The van der Waals surface area contributed by atoms with Crippen molar-refractivity contribution >= 4 is 10.8 Å². The van der Waals surface area contributed by atoms with E-state index in [1.807, 2.05) is 60.7 Å². The van der Waals surface area contributed by atoms with E-state index in [4.69, 9.17) is 0 Å². The van der Waals surface area contributed by atoms with Crippen LogP contribution in [-0.2, 0) is 6.42 Å². The third-order valence-electron chi connectivity index (χ3n) is 4.02. The number of rotatable bonds is 3. The largest absolute Gasteiger partial charge is 1.00 e. The zero-order valence-corrected chi connectivity index (χ0v) is 14.1. The van der Waals surface area contributed by atoms with Gasteiger partial charge >= 0.3 is 11.4 Å². The summed E-state index contributed by atoms with van der Waals surface area (Å²) in [6.45, 7) is 0. The number of H-pyrrole nitrogens is 1. The highest BCUT2D eigenvalue weighted by Gasteiger charge is 2.17. The van der Waals surface area contributed by atoms with Crippen LogP contribution < -0.4 is 23.0 Å². The minimum Gasteiger partial charge on any atom is -1.00 e. The number of nitrogens with zero attached hydrogens (tertiary/aromatic N) is 2. The molecule has 0 aliphatic rings. The third-order valence-corrected chi connectivity index (χ3v) is 4.02. The van der Waals surface area contributed by atoms with Crippen LogP contribution in [0.25, 0.3) is 16.6 Å². The molecule has 0 amide bonds. The van der Waals surface area contributed by atoms with Gasteiger partial charge in [-0.1, -0.05) is 64.4 Å². The van der Waals surface area contributed by atoms with E-state index in [0.29, 0.717) is 17.6 Å². The molecule has 0 saturated carbocycles. The number of aromatic nitrogens is 3. The maximum atomic E-state index is 12.8. The number of pyridine rings is 1. The van der Waals surface area contributed by atoms with Crippen molar-refractivity contribution in [3.63, 3.8) is 0 Å². The Labute approximate surface area is 151 Å². The Kier molecular flexibility index (Phi) is 4.91. The van der Waals surface area contributed by atoms with Gasteiger partial charge < -0.3 is 12.4 Å². The number of fused-ring (bicyclic) bond motifs is 1. The van der Waals surface area contributed by atoms with Gasteiger partial charge in [-0.15, -0.1) is 0 Å². The molecular weight excluding hydrogens is 334 g/mol. The summed E-state index contributed by atoms with van der Waals surface area (Å²) in [5.41, 5.74) is 1.93. The van der Waals surface area contributed by atoms with Crippen molar-refractivity contribution in [2.45, 2.75) is 6.42 Å². The lowest BCUT2D eigenvalue weighted by atomic mass is 10.0. The van der Waals surface area contributed by atoms with Crippen molar-refractivity contribution in [3.05, 3.63) is 101 Å². The van der Waals surface area contributed by atoms with Gasteiger partial charge in [0.05, 0.1) is 17.3 Å². The summed E-state index contributed by atoms with van der Waals surface area (Å²) in [7, 11) is 0. The molecule has 25 heavy (non-hydrogen) atoms. The van der Waals surface area contributed by atoms with Gasteiger partial charge in [0, 0.05) is 17.9 Å². The summed E-state index contributed by atoms with van der Waals surface area (Å²) in [6, 6.07) is 23.4. The molecule has 0 unspecified atom stereocenters. The minimum atomic E-state index is -0.120. The monoisotopic (exact) mass is 349 g/mol. The lowest BCUT2D eigenvalue weighted by Gasteiger charge is -2.06. The second-order valence-corrected chi connectivity index (χ2v) is 5.62. The van der Waals surface area contributed by atoms with Crippen LogP contribution in [0.2, 0.25) is 0 Å². The van der Waals surface area contributed by atoms with E-state index >= 15 is 0 Å². The van der Waals surface area contributed by atoms with Crippen molar-refractivity contribution < 1.29 is 17.4 Å². The molecule has 2 aromatic carbocycles. The van der Waals surface area contributed by atoms with Crippen molar-refractivity contribution in [3.8, 4) is 5.82 Å². The molecule has 5 heteroatoms. The molecule has 0 saturated heterocycles. The van der Waals surface area contributed by atoms with Gasteiger partial charge in [0.25, 0.3) is 0 Å². The maximum Gasteiger partial charge on any atom is 0.367 e. The van der Waals surface area contributed by atoms with E-state index in [0.717, 1.165) is 16.6 Å². The second-order valence-electron chi connectivity index (χ2n) is 5.62. The number of aromatic amines is 1. The molecule has 124 valence electrons. The number of hydrogen-bond acceptors (Lipinski definition) is 2. The van der Waals surface area contributed by atoms with Crippen molar-refractivity contribution in [1.29, 1.82) is 0 Å². The number of hydrogen-bond donors (Lipinski definition) is 0. The Hall–Kier alpha value is -2.98. The Bertz CT molecular complexity index is 1050. The second kappa shape index (κ2) is 7.28. The fraction of sp³-hybridized carbons (Fsp3) is 0.0500. The third kappa shape index (κ3) is 3.30. The molecule has 0 atom stereocenters. The summed E-state index contributed by atoms with van der Waals surface area (Å²) in [5.74, 6) is 0.655. The highest BCUT2D eigenvalue weighted by molar-refractivity contribution is 5.84. The van der Waals surface area contributed by atoms with Gasteiger partial charge in [0.2, 0.25) is 0 Å². The summed E-state index contributed by atoms with van der Waals surface area (Å²) >= 11 is 0. The molecule has 2 heterocycles. The first-order valence-electron chi connectivity index (χ1n) is 7.85. The molecule has 0 aliphatic heterocycles. The van der Waals surface area contributed by atoms with Crippen molar-refractivity contribution in [1.82, 2.24) is 9.78 Å². The van der Waals surface area contributed by atoms with Crippen molar-refractivity contribution in [2.24, 2.45) is 0 Å².